The molecule has 4 rings (SSSR count). The molecule has 9 heteroatoms. The zero-order valence-corrected chi connectivity index (χ0v) is 16.1. The summed E-state index contributed by atoms with van der Waals surface area (Å²) in [4.78, 5) is 12.8. The Labute approximate surface area is 164 Å². The number of hydrogen-bond donors (Lipinski definition) is 2. The highest BCUT2D eigenvalue weighted by Gasteiger charge is 2.40. The first-order valence-corrected chi connectivity index (χ1v) is 9.13. The maximum absolute atomic E-state index is 12.8. The molecule has 1 aromatic heterocycles. The molecule has 2 fully saturated rings. The average molecular weight is 393 g/mol. The van der Waals surface area contributed by atoms with Crippen molar-refractivity contribution in [3.63, 3.8) is 0 Å². The number of benzene rings is 1. The second kappa shape index (κ2) is 8.22. The summed E-state index contributed by atoms with van der Waals surface area (Å²) in [6, 6.07) is 5.72. The van der Waals surface area contributed by atoms with E-state index in [1.807, 2.05) is 12.1 Å². The number of fused-ring (bicyclic) bond motifs is 2. The Morgan fingerprint density at radius 2 is 2.04 bits per heavy atom. The van der Waals surface area contributed by atoms with Crippen LogP contribution in [0.5, 0.6) is 5.75 Å². The van der Waals surface area contributed by atoms with Crippen molar-refractivity contribution < 1.29 is 9.53 Å². The Hall–Kier alpha value is -2.19. The second-order valence-corrected chi connectivity index (χ2v) is 7.33. The molecule has 2 aliphatic carbocycles. The third-order valence-electron chi connectivity index (χ3n) is 5.83. The largest absolute Gasteiger partial charge is 0.494 e. The third-order valence-corrected chi connectivity index (χ3v) is 5.83. The van der Waals surface area contributed by atoms with E-state index >= 15 is 0 Å². The molecule has 146 valence electrons. The lowest BCUT2D eigenvalue weighted by Crippen LogP contribution is -2.48. The van der Waals surface area contributed by atoms with Gasteiger partial charge >= 0.3 is 0 Å². The summed E-state index contributed by atoms with van der Waals surface area (Å²) in [6.45, 7) is 0. The monoisotopic (exact) mass is 392 g/mol. The van der Waals surface area contributed by atoms with Gasteiger partial charge < -0.3 is 15.8 Å². The fraction of sp³-hybridized carbons (Fsp3) is 0.556. The van der Waals surface area contributed by atoms with Crippen LogP contribution < -0.4 is 15.8 Å². The van der Waals surface area contributed by atoms with E-state index in [1.54, 1.807) is 13.2 Å². The van der Waals surface area contributed by atoms with E-state index in [0.717, 1.165) is 25.7 Å². The van der Waals surface area contributed by atoms with Crippen molar-refractivity contribution in [2.24, 2.45) is 23.5 Å². The first-order chi connectivity index (χ1) is 12.7. The predicted octanol–water partition coefficient (Wildman–Crippen LogP) is 2.18. The van der Waals surface area contributed by atoms with Crippen molar-refractivity contribution in [3.8, 4) is 11.4 Å². The van der Waals surface area contributed by atoms with Gasteiger partial charge in [0.1, 0.15) is 17.8 Å². The van der Waals surface area contributed by atoms with Crippen molar-refractivity contribution in [2.45, 2.75) is 38.1 Å². The number of hydrogen-bond acceptors (Lipinski definition) is 6. The summed E-state index contributed by atoms with van der Waals surface area (Å²) in [6.07, 6.45) is 6.80. The number of nitrogens with two attached hydrogens (primary N) is 1. The van der Waals surface area contributed by atoms with E-state index in [1.165, 1.54) is 17.4 Å². The van der Waals surface area contributed by atoms with Crippen LogP contribution in [0, 0.1) is 17.8 Å². The van der Waals surface area contributed by atoms with Crippen LogP contribution in [0.1, 0.15) is 32.1 Å². The van der Waals surface area contributed by atoms with Gasteiger partial charge in [-0.05, 0) is 66.1 Å². The van der Waals surface area contributed by atoms with E-state index in [2.05, 4.69) is 20.8 Å². The number of nitrogens with zero attached hydrogens (tertiary/aromatic N) is 4. The zero-order chi connectivity index (χ0) is 18.1. The number of ether oxygens (including phenoxy) is 1. The van der Waals surface area contributed by atoms with Gasteiger partial charge in [-0.1, -0.05) is 6.42 Å². The lowest BCUT2D eigenvalue weighted by molar-refractivity contribution is -0.122. The van der Waals surface area contributed by atoms with Gasteiger partial charge in [0.25, 0.3) is 0 Å². The summed E-state index contributed by atoms with van der Waals surface area (Å²) in [5.41, 5.74) is 7.73. The summed E-state index contributed by atoms with van der Waals surface area (Å²) in [5.74, 6) is 1.69. The highest BCUT2D eigenvalue weighted by molar-refractivity contribution is 5.93. The highest BCUT2D eigenvalue weighted by Crippen LogP contribution is 2.42. The number of carbonyl (C=O) groups excluding carboxylic acids is 1. The minimum atomic E-state index is 0. The van der Waals surface area contributed by atoms with Crippen LogP contribution in [0.25, 0.3) is 5.69 Å². The van der Waals surface area contributed by atoms with Gasteiger partial charge in [-0.2, -0.15) is 4.68 Å². The molecule has 0 aliphatic heterocycles. The summed E-state index contributed by atoms with van der Waals surface area (Å²) >= 11 is 0. The average Bonchev–Trinajstić information content (AvgIpc) is 3.16. The van der Waals surface area contributed by atoms with Crippen LogP contribution in [-0.4, -0.2) is 39.3 Å². The minimum absolute atomic E-state index is 0. The number of tetrazole rings is 1. The summed E-state index contributed by atoms with van der Waals surface area (Å²) < 4.78 is 6.88. The summed E-state index contributed by atoms with van der Waals surface area (Å²) in [7, 11) is 1.59. The standard InChI is InChI=1S/C18H24N6O2.ClH/c1-26-16-6-5-14(9-15(16)24-10-20-22-23-24)21-18(25)13-7-11-3-2-4-12(8-13)17(11)19;/h5-6,9-13,17H,2-4,7-8,19H2,1H3,(H,21,25);1H. The fourth-order valence-corrected chi connectivity index (χ4v) is 4.47. The van der Waals surface area contributed by atoms with Crippen molar-refractivity contribution in [2.75, 3.05) is 12.4 Å². The second-order valence-electron chi connectivity index (χ2n) is 7.33. The minimum Gasteiger partial charge on any atom is -0.494 e. The summed E-state index contributed by atoms with van der Waals surface area (Å²) in [5, 5.41) is 14.3. The first-order valence-electron chi connectivity index (χ1n) is 9.13. The van der Waals surface area contributed by atoms with Gasteiger partial charge in [0.15, 0.2) is 0 Å². The third kappa shape index (κ3) is 3.91. The van der Waals surface area contributed by atoms with Gasteiger partial charge in [-0.25, -0.2) is 0 Å². The van der Waals surface area contributed by atoms with Gasteiger partial charge in [0.2, 0.25) is 5.91 Å². The van der Waals surface area contributed by atoms with Crippen molar-refractivity contribution in [1.29, 1.82) is 0 Å². The van der Waals surface area contributed by atoms with Gasteiger partial charge in [-0.15, -0.1) is 17.5 Å². The number of halogens is 1. The molecule has 1 aromatic carbocycles. The van der Waals surface area contributed by atoms with Crippen LogP contribution in [-0.2, 0) is 4.79 Å². The smallest absolute Gasteiger partial charge is 0.227 e. The van der Waals surface area contributed by atoms with Crippen molar-refractivity contribution in [1.82, 2.24) is 20.2 Å². The molecule has 2 unspecified atom stereocenters. The molecule has 2 aliphatic rings. The normalized spacial score (nSPS) is 26.7. The van der Waals surface area contributed by atoms with E-state index in [0.29, 0.717) is 29.0 Å². The zero-order valence-electron chi connectivity index (χ0n) is 15.2. The van der Waals surface area contributed by atoms with Gasteiger partial charge in [0.05, 0.1) is 7.11 Å². The molecule has 0 radical (unpaired) electrons. The topological polar surface area (TPSA) is 108 Å². The molecule has 2 bridgehead atoms. The molecule has 2 aromatic rings. The maximum atomic E-state index is 12.8. The predicted molar refractivity (Wildman–Crippen MR) is 103 cm³/mol. The highest BCUT2D eigenvalue weighted by atomic mass is 35.5. The molecule has 3 N–H and O–H groups in total. The Morgan fingerprint density at radius 3 is 2.67 bits per heavy atom. The van der Waals surface area contributed by atoms with Crippen LogP contribution in [0.4, 0.5) is 5.69 Å². The molecule has 8 nitrogen and oxygen atoms in total. The molecule has 2 atom stereocenters. The number of amides is 1. The van der Waals surface area contributed by atoms with Crippen molar-refractivity contribution in [3.05, 3.63) is 24.5 Å². The number of methoxy groups -OCH3 is 1. The Bertz CT molecular complexity index is 770. The van der Waals surface area contributed by atoms with Crippen LogP contribution >= 0.6 is 12.4 Å². The van der Waals surface area contributed by atoms with Crippen LogP contribution in [0.2, 0.25) is 0 Å². The first kappa shape index (κ1) is 19.6. The number of carbonyl (C=O) groups is 1. The van der Waals surface area contributed by atoms with E-state index in [4.69, 9.17) is 10.5 Å². The van der Waals surface area contributed by atoms with E-state index < -0.39 is 0 Å². The lowest BCUT2D eigenvalue weighted by atomic mass is 9.65. The van der Waals surface area contributed by atoms with E-state index in [9.17, 15) is 4.79 Å². The van der Waals surface area contributed by atoms with Gasteiger partial charge in [-0.3, -0.25) is 4.79 Å². The quantitative estimate of drug-likeness (QED) is 0.825. The maximum Gasteiger partial charge on any atom is 0.227 e. The Morgan fingerprint density at radius 1 is 1.30 bits per heavy atom. The number of rotatable bonds is 4. The molecular weight excluding hydrogens is 368 g/mol. The molecule has 0 spiro atoms. The van der Waals surface area contributed by atoms with Crippen molar-refractivity contribution >= 4 is 24.0 Å². The number of aromatic nitrogens is 4. The molecule has 27 heavy (non-hydrogen) atoms. The molecule has 2 saturated carbocycles. The molecular formula is C18H25ClN6O2. The lowest BCUT2D eigenvalue weighted by Gasteiger charge is -2.43. The van der Waals surface area contributed by atoms with E-state index in [-0.39, 0.29) is 30.3 Å². The number of anilines is 1. The molecule has 1 amide bonds. The molecule has 1 heterocycles. The van der Waals surface area contributed by atoms with Crippen LogP contribution in [0.15, 0.2) is 24.5 Å². The SMILES string of the molecule is COc1ccc(NC(=O)C2CC3CCCC(C2)C3N)cc1-n1cnnn1.Cl. The number of nitrogens with one attached hydrogen (secondary N) is 1. The van der Waals surface area contributed by atoms with Gasteiger partial charge in [0, 0.05) is 17.6 Å². The molecule has 0 saturated heterocycles. The fourth-order valence-electron chi connectivity index (χ4n) is 4.47. The van der Waals surface area contributed by atoms with Crippen LogP contribution in [0.3, 0.4) is 0 Å². The Balaban J connectivity index is 0.00000210. The Kier molecular flexibility index (Phi) is 5.96.